The van der Waals surface area contributed by atoms with Crippen molar-refractivity contribution in [3.05, 3.63) is 62.2 Å². The van der Waals surface area contributed by atoms with Crippen LogP contribution >= 0.6 is 0 Å². The first-order valence-corrected chi connectivity index (χ1v) is 9.53. The number of carbonyl (C=O) groups is 1. The molecule has 12 heteroatoms. The van der Waals surface area contributed by atoms with Gasteiger partial charge >= 0.3 is 11.7 Å². The fraction of sp³-hybridized carbons (Fsp3) is 0.188. The van der Waals surface area contributed by atoms with E-state index in [9.17, 15) is 22.8 Å². The maximum Gasteiger partial charge on any atom is 0.337 e. The number of rotatable bonds is 6. The summed E-state index contributed by atoms with van der Waals surface area (Å²) in [6.45, 7) is 1.56. The van der Waals surface area contributed by atoms with E-state index in [1.54, 1.807) is 6.92 Å². The Morgan fingerprint density at radius 2 is 2.00 bits per heavy atom. The average molecular weight is 405 g/mol. The number of carboxylic acids is 1. The Balaban J connectivity index is 1.88. The third-order valence-corrected chi connectivity index (χ3v) is 5.29. The topological polar surface area (TPSA) is 175 Å². The highest BCUT2D eigenvalue weighted by molar-refractivity contribution is 7.89. The van der Waals surface area contributed by atoms with Gasteiger partial charge in [0.05, 0.1) is 28.9 Å². The normalized spacial score (nSPS) is 11.6. The van der Waals surface area contributed by atoms with Crippen molar-refractivity contribution < 1.29 is 18.3 Å². The third-order valence-electron chi connectivity index (χ3n) is 3.92. The quantitative estimate of drug-likeness (QED) is 0.434. The first-order chi connectivity index (χ1) is 13.2. The molecule has 0 atom stereocenters. The number of nitrogens with zero attached hydrogens (tertiary/aromatic N) is 2. The van der Waals surface area contributed by atoms with E-state index in [1.165, 1.54) is 12.1 Å². The van der Waals surface area contributed by atoms with Crippen molar-refractivity contribution in [3.8, 4) is 0 Å². The van der Waals surface area contributed by atoms with Crippen LogP contribution in [0, 0.1) is 0 Å². The van der Waals surface area contributed by atoms with Crippen LogP contribution in [0.1, 0.15) is 28.7 Å². The van der Waals surface area contributed by atoms with Crippen LogP contribution in [0.5, 0.6) is 0 Å². The number of sulfonamides is 1. The van der Waals surface area contributed by atoms with Gasteiger partial charge in [-0.15, -0.1) is 0 Å². The molecular formula is C16H15N5O6S. The molecule has 3 aromatic rings. The van der Waals surface area contributed by atoms with Gasteiger partial charge in [0, 0.05) is 6.20 Å². The summed E-state index contributed by atoms with van der Waals surface area (Å²) < 4.78 is 27.3. The van der Waals surface area contributed by atoms with E-state index in [0.717, 1.165) is 12.3 Å². The van der Waals surface area contributed by atoms with E-state index in [2.05, 4.69) is 19.7 Å². The van der Waals surface area contributed by atoms with Crippen LogP contribution in [0.15, 0.2) is 38.9 Å². The van der Waals surface area contributed by atoms with Gasteiger partial charge in [0.25, 0.3) is 5.56 Å². The van der Waals surface area contributed by atoms with Gasteiger partial charge in [-0.25, -0.2) is 27.7 Å². The Kier molecular flexibility index (Phi) is 5.07. The predicted octanol–water partition coefficient (Wildman–Crippen LogP) is -0.254. The fourth-order valence-corrected chi connectivity index (χ4v) is 3.51. The molecule has 28 heavy (non-hydrogen) atoms. The number of hydrogen-bond donors (Lipinski definition) is 4. The summed E-state index contributed by atoms with van der Waals surface area (Å²) >= 11 is 0. The Bertz CT molecular complexity index is 1290. The lowest BCUT2D eigenvalue weighted by Crippen LogP contribution is -2.26. The number of hydrogen-bond acceptors (Lipinski definition) is 7. The molecule has 0 aliphatic heterocycles. The van der Waals surface area contributed by atoms with Crippen molar-refractivity contribution in [2.24, 2.45) is 0 Å². The van der Waals surface area contributed by atoms with E-state index in [-0.39, 0.29) is 28.0 Å². The molecule has 11 nitrogen and oxygen atoms in total. The number of H-pyrrole nitrogens is 2. The predicted molar refractivity (Wildman–Crippen MR) is 97.6 cm³/mol. The van der Waals surface area contributed by atoms with Crippen molar-refractivity contribution in [2.75, 3.05) is 0 Å². The molecule has 3 aromatic heterocycles. The largest absolute Gasteiger partial charge is 0.478 e. The summed E-state index contributed by atoms with van der Waals surface area (Å²) in [6.07, 6.45) is 1.39. The van der Waals surface area contributed by atoms with E-state index in [0.29, 0.717) is 17.8 Å². The van der Waals surface area contributed by atoms with E-state index in [4.69, 9.17) is 5.11 Å². The lowest BCUT2D eigenvalue weighted by atomic mass is 10.1. The van der Waals surface area contributed by atoms with Crippen LogP contribution in [0.3, 0.4) is 0 Å². The zero-order valence-corrected chi connectivity index (χ0v) is 15.3. The zero-order valence-electron chi connectivity index (χ0n) is 14.5. The van der Waals surface area contributed by atoms with Gasteiger partial charge < -0.3 is 5.11 Å². The molecule has 0 aromatic carbocycles. The second kappa shape index (κ2) is 7.32. The highest BCUT2D eigenvalue weighted by atomic mass is 32.2. The molecule has 0 unspecified atom stereocenters. The Labute approximate surface area is 157 Å². The summed E-state index contributed by atoms with van der Waals surface area (Å²) in [6, 6.07) is 3.88. The second-order valence-corrected chi connectivity index (χ2v) is 7.52. The maximum atomic E-state index is 12.5. The molecule has 0 aliphatic rings. The lowest BCUT2D eigenvalue weighted by molar-refractivity contribution is 0.0695. The van der Waals surface area contributed by atoms with Crippen LogP contribution in [0.25, 0.3) is 11.0 Å². The minimum Gasteiger partial charge on any atom is -0.478 e. The van der Waals surface area contributed by atoms with Gasteiger partial charge in [0.15, 0.2) is 0 Å². The van der Waals surface area contributed by atoms with Crippen LogP contribution in [0.2, 0.25) is 0 Å². The molecule has 0 saturated carbocycles. The van der Waals surface area contributed by atoms with Crippen molar-refractivity contribution in [1.29, 1.82) is 0 Å². The van der Waals surface area contributed by atoms with E-state index < -0.39 is 27.2 Å². The molecule has 0 radical (unpaired) electrons. The van der Waals surface area contributed by atoms with Crippen LogP contribution in [-0.4, -0.2) is 39.4 Å². The van der Waals surface area contributed by atoms with Crippen molar-refractivity contribution in [3.63, 3.8) is 0 Å². The highest BCUT2D eigenvalue weighted by Crippen LogP contribution is 2.13. The summed E-state index contributed by atoms with van der Waals surface area (Å²) in [5, 5.41) is 9.03. The standard InChI is InChI=1S/C16H15N5O6S/c1-2-12-10(15(23)24)4-3-8(19-12)6-18-28(26,27)9-5-11-13(17-7-9)20-16(25)21-14(11)22/h3-5,7,18H,2,6H2,1H3,(H,23,24)(H2,17,20,21,22,25). The number of fused-ring (bicyclic) bond motifs is 1. The molecule has 0 spiro atoms. The monoisotopic (exact) mass is 405 g/mol. The van der Waals surface area contributed by atoms with E-state index >= 15 is 0 Å². The van der Waals surface area contributed by atoms with Crippen molar-refractivity contribution in [2.45, 2.75) is 24.8 Å². The SMILES string of the molecule is CCc1nc(CNS(=O)(=O)c2cnc3[nH]c(=O)[nH]c(=O)c3c2)ccc1C(=O)O. The van der Waals surface area contributed by atoms with Gasteiger partial charge in [0.2, 0.25) is 10.0 Å². The van der Waals surface area contributed by atoms with Crippen LogP contribution < -0.4 is 16.0 Å². The number of aromatic nitrogens is 4. The maximum absolute atomic E-state index is 12.5. The van der Waals surface area contributed by atoms with Gasteiger partial charge in [-0.3, -0.25) is 19.7 Å². The number of aryl methyl sites for hydroxylation is 1. The van der Waals surface area contributed by atoms with Crippen LogP contribution in [0.4, 0.5) is 0 Å². The molecule has 3 heterocycles. The highest BCUT2D eigenvalue weighted by Gasteiger charge is 2.18. The molecule has 0 bridgehead atoms. The molecule has 3 rings (SSSR count). The first kappa shape index (κ1) is 19.4. The molecular weight excluding hydrogens is 390 g/mol. The molecule has 4 N–H and O–H groups in total. The van der Waals surface area contributed by atoms with Gasteiger partial charge in [-0.1, -0.05) is 6.92 Å². The number of nitrogens with one attached hydrogen (secondary N) is 3. The minimum atomic E-state index is -4.04. The number of carboxylic acid groups (broad SMARTS) is 1. The number of aromatic amines is 2. The van der Waals surface area contributed by atoms with Gasteiger partial charge in [0.1, 0.15) is 10.5 Å². The van der Waals surface area contributed by atoms with Gasteiger partial charge in [-0.05, 0) is 24.6 Å². The Morgan fingerprint density at radius 3 is 2.68 bits per heavy atom. The molecule has 0 aliphatic carbocycles. The fourth-order valence-electron chi connectivity index (χ4n) is 2.54. The summed E-state index contributed by atoms with van der Waals surface area (Å²) in [5.41, 5.74) is -0.816. The molecule has 0 saturated heterocycles. The Morgan fingerprint density at radius 1 is 1.25 bits per heavy atom. The van der Waals surface area contributed by atoms with Crippen molar-refractivity contribution in [1.82, 2.24) is 24.7 Å². The smallest absolute Gasteiger partial charge is 0.337 e. The number of pyridine rings is 2. The molecule has 146 valence electrons. The van der Waals surface area contributed by atoms with Crippen molar-refractivity contribution >= 4 is 27.0 Å². The summed E-state index contributed by atoms with van der Waals surface area (Å²) in [4.78, 5) is 46.2. The zero-order chi connectivity index (χ0) is 20.5. The first-order valence-electron chi connectivity index (χ1n) is 8.05. The summed E-state index contributed by atoms with van der Waals surface area (Å²) in [7, 11) is -4.04. The average Bonchev–Trinajstić information content (AvgIpc) is 2.65. The van der Waals surface area contributed by atoms with Crippen LogP contribution in [-0.2, 0) is 23.0 Å². The molecule has 0 amide bonds. The second-order valence-electron chi connectivity index (χ2n) is 5.76. The van der Waals surface area contributed by atoms with E-state index in [1.807, 2.05) is 4.98 Å². The Hall–Kier alpha value is -3.38. The molecule has 0 fully saturated rings. The lowest BCUT2D eigenvalue weighted by Gasteiger charge is -2.09. The van der Waals surface area contributed by atoms with Gasteiger partial charge in [-0.2, -0.15) is 0 Å². The third kappa shape index (κ3) is 3.82. The number of aromatic carboxylic acids is 1. The minimum absolute atomic E-state index is 0.0359. The summed E-state index contributed by atoms with van der Waals surface area (Å²) in [5.74, 6) is -1.11.